The highest BCUT2D eigenvalue weighted by Gasteiger charge is 2.35. The van der Waals surface area contributed by atoms with Gasteiger partial charge in [-0.3, -0.25) is 14.2 Å². The Hall–Kier alpha value is -4.16. The molecule has 0 bridgehead atoms. The molecule has 5 rings (SSSR count). The van der Waals surface area contributed by atoms with E-state index < -0.39 is 11.6 Å². The van der Waals surface area contributed by atoms with Gasteiger partial charge in [0.05, 0.1) is 11.6 Å². The van der Waals surface area contributed by atoms with Crippen molar-refractivity contribution < 1.29 is 28.3 Å². The number of para-hydroxylation sites is 2. The van der Waals surface area contributed by atoms with Crippen molar-refractivity contribution in [2.75, 3.05) is 11.7 Å². The summed E-state index contributed by atoms with van der Waals surface area (Å²) in [6, 6.07) is 26.7. The molecule has 2 N–H and O–H groups in total. The number of alkyl halides is 1. The van der Waals surface area contributed by atoms with Crippen molar-refractivity contribution in [3.63, 3.8) is 0 Å². The van der Waals surface area contributed by atoms with Gasteiger partial charge in [0.25, 0.3) is 0 Å². The van der Waals surface area contributed by atoms with Gasteiger partial charge in [-0.1, -0.05) is 66.7 Å². The lowest BCUT2D eigenvalue weighted by molar-refractivity contribution is -0.130. The fourth-order valence-corrected chi connectivity index (χ4v) is 5.06. The number of rotatable bonds is 10. The number of methoxy groups -OCH3 is 1. The number of nitrogens with one attached hydrogen (secondary N) is 2. The number of hydrogen-bond donors (Lipinski definition) is 2. The van der Waals surface area contributed by atoms with Gasteiger partial charge in [0.15, 0.2) is 0 Å². The minimum Gasteiger partial charge on any atom is -0.459 e. The highest BCUT2D eigenvalue weighted by atomic mass is 127. The molecule has 0 aliphatic rings. The van der Waals surface area contributed by atoms with Gasteiger partial charge in [0.2, 0.25) is 12.3 Å². The first kappa shape index (κ1) is 31.8. The maximum absolute atomic E-state index is 13.2. The number of halogens is 1. The highest BCUT2D eigenvalue weighted by molar-refractivity contribution is 14.1. The summed E-state index contributed by atoms with van der Waals surface area (Å²) >= 11 is 1.96. The normalized spacial score (nSPS) is 12.9. The molecule has 0 aliphatic carbocycles. The largest absolute Gasteiger partial charge is 0.459 e. The topological polar surface area (TPSA) is 112 Å². The summed E-state index contributed by atoms with van der Waals surface area (Å²) in [5, 5.41) is 7.60. The number of aromatic nitrogens is 1. The molecule has 2 amide bonds. The van der Waals surface area contributed by atoms with Crippen LogP contribution in [0.15, 0.2) is 95.5 Å². The monoisotopic (exact) mass is 695 g/mol. The van der Waals surface area contributed by atoms with E-state index in [0.717, 1.165) is 33.2 Å². The molecule has 0 unspecified atom stereocenters. The van der Waals surface area contributed by atoms with Gasteiger partial charge in [0, 0.05) is 30.5 Å². The van der Waals surface area contributed by atoms with Gasteiger partial charge in [-0.25, -0.2) is 4.79 Å². The number of amides is 2. The minimum absolute atomic E-state index is 0.199. The van der Waals surface area contributed by atoms with Crippen LogP contribution in [0.5, 0.6) is 0 Å². The van der Waals surface area contributed by atoms with Crippen molar-refractivity contribution in [1.82, 2.24) is 15.2 Å². The predicted molar refractivity (Wildman–Crippen MR) is 174 cm³/mol. The van der Waals surface area contributed by atoms with Crippen LogP contribution in [-0.2, 0) is 32.1 Å². The molecule has 0 spiro atoms. The van der Waals surface area contributed by atoms with Crippen molar-refractivity contribution in [3.8, 4) is 0 Å². The lowest BCUT2D eigenvalue weighted by Gasteiger charge is -2.29. The van der Waals surface area contributed by atoms with Crippen LogP contribution in [0.2, 0.25) is 0 Å². The molecule has 2 aromatic heterocycles. The highest BCUT2D eigenvalue weighted by Crippen LogP contribution is 2.26. The summed E-state index contributed by atoms with van der Waals surface area (Å²) in [6.07, 6.45) is 1.89. The molecule has 9 nitrogen and oxygen atoms in total. The van der Waals surface area contributed by atoms with Gasteiger partial charge < -0.3 is 24.5 Å². The number of benzene rings is 3. The number of fused-ring (bicyclic) bond motifs is 2. The molecule has 0 fully saturated rings. The predicted octanol–water partition coefficient (Wildman–Crippen LogP) is 6.52. The number of hydrogen-bond acceptors (Lipinski definition) is 6. The molecule has 43 heavy (non-hydrogen) atoms. The van der Waals surface area contributed by atoms with E-state index in [4.69, 9.17) is 13.9 Å². The summed E-state index contributed by atoms with van der Waals surface area (Å²) < 4.78 is 17.2. The second kappa shape index (κ2) is 14.8. The number of carbonyl (C=O) groups is 3. The first-order valence-electron chi connectivity index (χ1n) is 13.7. The summed E-state index contributed by atoms with van der Waals surface area (Å²) in [4.78, 5) is 36.9. The lowest BCUT2D eigenvalue weighted by atomic mass is 9.91. The van der Waals surface area contributed by atoms with Crippen molar-refractivity contribution in [1.29, 1.82) is 0 Å². The molecule has 0 aliphatic heterocycles. The van der Waals surface area contributed by atoms with Crippen molar-refractivity contribution in [2.45, 2.75) is 38.5 Å². The van der Waals surface area contributed by atoms with Gasteiger partial charge in [0.1, 0.15) is 28.1 Å². The SMILES string of the molecule is COCc1cc2ccccc2o1.C[C@H](NC(=O)[C@@](C)(Cc1cn(C(=O)OCI)c2ccccc12)NC=O)c1ccccc1. The maximum Gasteiger partial charge on any atom is 0.419 e. The Balaban J connectivity index is 0.000000292. The van der Waals surface area contributed by atoms with E-state index in [2.05, 4.69) is 10.6 Å². The Morgan fingerprint density at radius 1 is 1.05 bits per heavy atom. The summed E-state index contributed by atoms with van der Waals surface area (Å²) in [7, 11) is 1.66. The van der Waals surface area contributed by atoms with E-state index >= 15 is 0 Å². The van der Waals surface area contributed by atoms with Crippen molar-refractivity contribution >= 4 is 62.9 Å². The van der Waals surface area contributed by atoms with Crippen LogP contribution >= 0.6 is 22.6 Å². The van der Waals surface area contributed by atoms with E-state index in [1.807, 2.05) is 114 Å². The van der Waals surface area contributed by atoms with Crippen LogP contribution in [0.4, 0.5) is 4.79 Å². The zero-order chi connectivity index (χ0) is 30.8. The molecule has 10 heteroatoms. The summed E-state index contributed by atoms with van der Waals surface area (Å²) in [5.41, 5.74) is 2.10. The van der Waals surface area contributed by atoms with E-state index in [9.17, 15) is 14.4 Å². The van der Waals surface area contributed by atoms with Crippen molar-refractivity contribution in [3.05, 3.63) is 108 Å². The molecule has 224 valence electrons. The van der Waals surface area contributed by atoms with Gasteiger partial charge in [-0.15, -0.1) is 0 Å². The van der Waals surface area contributed by atoms with Crippen LogP contribution in [0.25, 0.3) is 21.9 Å². The second-order valence-electron chi connectivity index (χ2n) is 10.1. The fraction of sp³-hybridized carbons (Fsp3) is 0.242. The van der Waals surface area contributed by atoms with E-state index in [-0.39, 0.29) is 23.0 Å². The molecule has 0 saturated heterocycles. The van der Waals surface area contributed by atoms with E-state index in [1.54, 1.807) is 20.2 Å². The lowest BCUT2D eigenvalue weighted by Crippen LogP contribution is -2.56. The average molecular weight is 696 g/mol. The maximum atomic E-state index is 13.2. The zero-order valence-electron chi connectivity index (χ0n) is 24.2. The Morgan fingerprint density at radius 3 is 2.44 bits per heavy atom. The minimum atomic E-state index is -1.22. The third-order valence-electron chi connectivity index (χ3n) is 7.00. The number of carbonyl (C=O) groups excluding carboxylic acids is 3. The Morgan fingerprint density at radius 2 is 1.74 bits per heavy atom. The molecule has 2 atom stereocenters. The van der Waals surface area contributed by atoms with Gasteiger partial charge >= 0.3 is 6.09 Å². The van der Waals surface area contributed by atoms with E-state index in [0.29, 0.717) is 18.5 Å². The quantitative estimate of drug-likeness (QED) is 0.0978. The smallest absolute Gasteiger partial charge is 0.419 e. The standard InChI is InChI=1S/C23H24IN3O4.C10H10O2/c1-16(17-8-4-3-5-9-17)26-21(29)23(2,25-15-28)12-18-13-27(22(30)31-14-24)20-11-7-6-10-19(18)20;1-11-7-9-6-8-4-2-3-5-10(8)12-9/h3-11,13,15-16H,12,14H2,1-2H3,(H,25,28)(H,26,29);2-6H,7H2,1H3/t16-,23+;/m0./s1. The molecular formula is C33H34IN3O6. The van der Waals surface area contributed by atoms with Crippen LogP contribution in [0, 0.1) is 0 Å². The first-order valence-corrected chi connectivity index (χ1v) is 15.2. The first-order chi connectivity index (χ1) is 20.8. The summed E-state index contributed by atoms with van der Waals surface area (Å²) in [5.74, 6) is 0.557. The zero-order valence-corrected chi connectivity index (χ0v) is 26.4. The van der Waals surface area contributed by atoms with Crippen molar-refractivity contribution in [2.24, 2.45) is 0 Å². The molecule has 0 radical (unpaired) electrons. The number of furan rings is 1. The average Bonchev–Trinajstić information content (AvgIpc) is 3.59. The van der Waals surface area contributed by atoms with Crippen LogP contribution in [0.1, 0.15) is 36.8 Å². The Bertz CT molecular complexity index is 1650. The molecule has 2 heterocycles. The van der Waals surface area contributed by atoms with Gasteiger partial charge in [-0.2, -0.15) is 0 Å². The second-order valence-corrected chi connectivity index (χ2v) is 10.7. The molecule has 5 aromatic rings. The molecule has 0 saturated carbocycles. The Labute approximate surface area is 263 Å². The summed E-state index contributed by atoms with van der Waals surface area (Å²) in [6.45, 7) is 4.10. The number of nitrogens with zero attached hydrogens (tertiary/aromatic N) is 1. The van der Waals surface area contributed by atoms with Gasteiger partial charge in [-0.05, 0) is 65.8 Å². The number of ether oxygens (including phenoxy) is 2. The third-order valence-corrected chi connectivity index (χ3v) is 7.31. The van der Waals surface area contributed by atoms with Crippen LogP contribution < -0.4 is 10.6 Å². The fourth-order valence-electron chi connectivity index (χ4n) is 4.80. The third kappa shape index (κ3) is 7.82. The Kier molecular flexibility index (Phi) is 11.0. The molecular weight excluding hydrogens is 661 g/mol. The van der Waals surface area contributed by atoms with Crippen LogP contribution in [0.3, 0.4) is 0 Å². The molecule has 3 aromatic carbocycles. The van der Waals surface area contributed by atoms with E-state index in [1.165, 1.54) is 4.57 Å². The van der Waals surface area contributed by atoms with Crippen LogP contribution in [-0.4, -0.2) is 40.2 Å².